The van der Waals surface area contributed by atoms with Crippen LogP contribution in [-0.4, -0.2) is 40.1 Å². The number of imide groups is 1. The lowest BCUT2D eigenvalue weighted by Crippen LogP contribution is -2.47. The van der Waals surface area contributed by atoms with Gasteiger partial charge in [-0.05, 0) is 48.0 Å². The van der Waals surface area contributed by atoms with Crippen molar-refractivity contribution in [3.8, 4) is 0 Å². The van der Waals surface area contributed by atoms with Crippen LogP contribution in [0.2, 0.25) is 0 Å². The minimum Gasteiger partial charge on any atom is -0.458 e. The van der Waals surface area contributed by atoms with Crippen molar-refractivity contribution >= 4 is 18.0 Å². The van der Waals surface area contributed by atoms with Gasteiger partial charge in [-0.2, -0.15) is 0 Å². The van der Waals surface area contributed by atoms with Gasteiger partial charge in [0.25, 0.3) is 5.91 Å². The van der Waals surface area contributed by atoms with Gasteiger partial charge in [0.15, 0.2) is 0 Å². The van der Waals surface area contributed by atoms with Crippen LogP contribution in [0.4, 0.5) is 4.79 Å². The molecule has 0 aromatic carbocycles. The van der Waals surface area contributed by atoms with Gasteiger partial charge in [0, 0.05) is 12.0 Å². The Labute approximate surface area is 137 Å². The molecule has 0 bridgehead atoms. The zero-order valence-electron chi connectivity index (χ0n) is 15.1. The van der Waals surface area contributed by atoms with Gasteiger partial charge in [0.05, 0.1) is 0 Å². The molecule has 1 saturated heterocycles. The van der Waals surface area contributed by atoms with Gasteiger partial charge in [-0.1, -0.05) is 13.0 Å². The summed E-state index contributed by atoms with van der Waals surface area (Å²) in [6.45, 7) is 12.2. The zero-order valence-corrected chi connectivity index (χ0v) is 15.1. The maximum absolute atomic E-state index is 12.5. The molecule has 1 rings (SSSR count). The van der Waals surface area contributed by atoms with Gasteiger partial charge >= 0.3 is 12.1 Å². The number of rotatable bonds is 2. The maximum Gasteiger partial charge on any atom is 0.418 e. The molecule has 6 heteroatoms. The van der Waals surface area contributed by atoms with E-state index in [2.05, 4.69) is 0 Å². The largest absolute Gasteiger partial charge is 0.458 e. The van der Waals surface area contributed by atoms with Gasteiger partial charge in [0.1, 0.15) is 17.2 Å². The number of hydrogen-bond acceptors (Lipinski definition) is 5. The highest BCUT2D eigenvalue weighted by atomic mass is 16.6. The molecule has 0 N–H and O–H groups in total. The molecule has 0 aromatic rings. The van der Waals surface area contributed by atoms with Crippen LogP contribution < -0.4 is 0 Å². The molecule has 1 heterocycles. The van der Waals surface area contributed by atoms with Crippen LogP contribution in [0.5, 0.6) is 0 Å². The van der Waals surface area contributed by atoms with Crippen LogP contribution in [-0.2, 0) is 19.1 Å². The minimum absolute atomic E-state index is 0.154. The van der Waals surface area contributed by atoms with Crippen molar-refractivity contribution in [2.45, 2.75) is 78.6 Å². The van der Waals surface area contributed by atoms with E-state index in [1.54, 1.807) is 47.6 Å². The molecule has 0 radical (unpaired) electrons. The van der Waals surface area contributed by atoms with Crippen LogP contribution >= 0.6 is 0 Å². The van der Waals surface area contributed by atoms with Crippen molar-refractivity contribution in [3.05, 3.63) is 11.6 Å². The molecule has 0 aromatic heterocycles. The van der Waals surface area contributed by atoms with E-state index in [1.807, 2.05) is 6.92 Å². The van der Waals surface area contributed by atoms with Crippen molar-refractivity contribution < 1.29 is 23.9 Å². The Hall–Kier alpha value is -1.85. The van der Waals surface area contributed by atoms with E-state index >= 15 is 0 Å². The Morgan fingerprint density at radius 1 is 1.13 bits per heavy atom. The van der Waals surface area contributed by atoms with Gasteiger partial charge in [-0.15, -0.1) is 0 Å². The molecule has 2 amide bonds. The molecule has 0 aliphatic carbocycles. The maximum atomic E-state index is 12.5. The molecule has 6 nitrogen and oxygen atoms in total. The lowest BCUT2D eigenvalue weighted by atomic mass is 10.1. The summed E-state index contributed by atoms with van der Waals surface area (Å²) in [6.07, 6.45) is 1.70. The second kappa shape index (κ2) is 6.72. The highest BCUT2D eigenvalue weighted by molar-refractivity contribution is 6.08. The average molecular weight is 325 g/mol. The van der Waals surface area contributed by atoms with Crippen LogP contribution in [0.15, 0.2) is 11.6 Å². The molecule has 1 fully saturated rings. The Bertz CT molecular complexity index is 522. The van der Waals surface area contributed by atoms with E-state index < -0.39 is 35.2 Å². The predicted molar refractivity (Wildman–Crippen MR) is 85.7 cm³/mol. The number of amides is 2. The number of ether oxygens (including phenoxy) is 2. The van der Waals surface area contributed by atoms with Crippen molar-refractivity contribution in [2.75, 3.05) is 0 Å². The van der Waals surface area contributed by atoms with Crippen LogP contribution in [0, 0.1) is 0 Å². The summed E-state index contributed by atoms with van der Waals surface area (Å²) >= 11 is 0. The highest BCUT2D eigenvalue weighted by Crippen LogP contribution is 2.28. The normalized spacial score (nSPS) is 20.8. The zero-order chi connectivity index (χ0) is 18.0. The summed E-state index contributed by atoms with van der Waals surface area (Å²) < 4.78 is 10.6. The third-order valence-electron chi connectivity index (χ3n) is 2.94. The molecule has 1 atom stereocenters. The Morgan fingerprint density at radius 2 is 1.65 bits per heavy atom. The molecule has 0 saturated carbocycles. The molecule has 1 aliphatic heterocycles. The first-order valence-corrected chi connectivity index (χ1v) is 7.84. The number of hydrogen-bond donors (Lipinski definition) is 0. The van der Waals surface area contributed by atoms with E-state index in [0.29, 0.717) is 12.0 Å². The molecule has 23 heavy (non-hydrogen) atoms. The standard InChI is InChI=1S/C17H27NO5/c1-8-9-11-10-12(14(20)22-16(2,3)4)18(13(11)19)15(21)23-17(5,6)7/h9,12H,8,10H2,1-7H3/b11-9+/t12-/m0/s1. The fourth-order valence-electron chi connectivity index (χ4n) is 2.18. The summed E-state index contributed by atoms with van der Waals surface area (Å²) in [7, 11) is 0. The summed E-state index contributed by atoms with van der Waals surface area (Å²) in [5.41, 5.74) is -1.02. The first kappa shape index (κ1) is 19.2. The summed E-state index contributed by atoms with van der Waals surface area (Å²) in [6, 6.07) is -0.977. The minimum atomic E-state index is -0.977. The van der Waals surface area contributed by atoms with Gasteiger partial charge in [-0.3, -0.25) is 4.79 Å². The third-order valence-corrected chi connectivity index (χ3v) is 2.94. The Balaban J connectivity index is 3.09. The molecule has 0 unspecified atom stereocenters. The van der Waals surface area contributed by atoms with Gasteiger partial charge in [0.2, 0.25) is 0 Å². The lowest BCUT2D eigenvalue weighted by molar-refractivity contribution is -0.161. The Kier molecular flexibility index (Phi) is 5.61. The van der Waals surface area contributed by atoms with Crippen molar-refractivity contribution in [3.63, 3.8) is 0 Å². The number of carbonyl (C=O) groups is 3. The quantitative estimate of drug-likeness (QED) is 0.576. The number of esters is 1. The third kappa shape index (κ3) is 5.37. The van der Waals surface area contributed by atoms with E-state index in [1.165, 1.54) is 0 Å². The van der Waals surface area contributed by atoms with Gasteiger partial charge < -0.3 is 9.47 Å². The molecular formula is C17H27NO5. The number of likely N-dealkylation sites (tertiary alicyclic amines) is 1. The highest BCUT2D eigenvalue weighted by Gasteiger charge is 2.46. The van der Waals surface area contributed by atoms with E-state index in [4.69, 9.17) is 9.47 Å². The average Bonchev–Trinajstić information content (AvgIpc) is 2.63. The SMILES string of the molecule is CC/C=C1\C[C@@H](C(=O)OC(C)(C)C)N(C(=O)OC(C)(C)C)C1=O. The summed E-state index contributed by atoms with van der Waals surface area (Å²) in [5, 5.41) is 0. The van der Waals surface area contributed by atoms with E-state index in [-0.39, 0.29) is 6.42 Å². The number of nitrogens with zero attached hydrogens (tertiary/aromatic N) is 1. The van der Waals surface area contributed by atoms with E-state index in [9.17, 15) is 14.4 Å². The number of carbonyl (C=O) groups excluding carboxylic acids is 3. The lowest BCUT2D eigenvalue weighted by Gasteiger charge is -2.28. The van der Waals surface area contributed by atoms with Crippen molar-refractivity contribution in [2.24, 2.45) is 0 Å². The van der Waals surface area contributed by atoms with Gasteiger partial charge in [-0.25, -0.2) is 14.5 Å². The molecule has 1 aliphatic rings. The van der Waals surface area contributed by atoms with Crippen molar-refractivity contribution in [1.29, 1.82) is 0 Å². The molecule has 0 spiro atoms. The van der Waals surface area contributed by atoms with Crippen LogP contribution in [0.3, 0.4) is 0 Å². The van der Waals surface area contributed by atoms with Crippen molar-refractivity contribution in [1.82, 2.24) is 4.90 Å². The fourth-order valence-corrected chi connectivity index (χ4v) is 2.18. The van der Waals surface area contributed by atoms with E-state index in [0.717, 1.165) is 4.90 Å². The Morgan fingerprint density at radius 3 is 2.09 bits per heavy atom. The second-order valence-electron chi connectivity index (χ2n) is 7.55. The first-order chi connectivity index (χ1) is 10.4. The summed E-state index contributed by atoms with van der Waals surface area (Å²) in [4.78, 5) is 38.1. The number of allylic oxidation sites excluding steroid dienone is 1. The summed E-state index contributed by atoms with van der Waals surface area (Å²) in [5.74, 6) is -1.09. The monoisotopic (exact) mass is 325 g/mol. The smallest absolute Gasteiger partial charge is 0.418 e. The molecular weight excluding hydrogens is 298 g/mol. The predicted octanol–water partition coefficient (Wildman–Crippen LogP) is 3.20. The second-order valence-corrected chi connectivity index (χ2v) is 7.55. The van der Waals surface area contributed by atoms with Crippen LogP contribution in [0.1, 0.15) is 61.3 Å². The first-order valence-electron chi connectivity index (χ1n) is 7.84. The fraction of sp³-hybridized carbons (Fsp3) is 0.706. The molecule has 130 valence electrons. The van der Waals surface area contributed by atoms with Crippen LogP contribution in [0.25, 0.3) is 0 Å². The topological polar surface area (TPSA) is 72.9 Å².